The van der Waals surface area contributed by atoms with E-state index in [2.05, 4.69) is 11.1 Å². The van der Waals surface area contributed by atoms with E-state index in [1.54, 1.807) is 11.3 Å². The number of para-hydroxylation sites is 1. The Hall–Kier alpha value is 0.338. The van der Waals surface area contributed by atoms with Crippen LogP contribution in [-0.2, 0) is 16.5 Å². The number of hydrogen-bond acceptors (Lipinski definition) is 2. The van der Waals surface area contributed by atoms with Gasteiger partial charge in [0.15, 0.2) is 0 Å². The Morgan fingerprint density at radius 2 is 1.85 bits per heavy atom. The largest absolute Gasteiger partial charge is 0.693 e. The molecule has 0 unspecified atom stereocenters. The number of fused-ring (bicyclic) bond motifs is 1. The fourth-order valence-electron chi connectivity index (χ4n) is 0.803. The van der Waals surface area contributed by atoms with Gasteiger partial charge < -0.3 is 6.15 Å². The Morgan fingerprint density at radius 1 is 1.23 bits per heavy atom. The normalized spacial score (nSPS) is 8.77. The van der Waals surface area contributed by atoms with Crippen molar-refractivity contribution in [2.75, 3.05) is 0 Å². The van der Waals surface area contributed by atoms with Gasteiger partial charge in [-0.15, -0.1) is 11.3 Å². The number of benzene rings is 1. The summed E-state index contributed by atoms with van der Waals surface area (Å²) in [6, 6.07) is 8.13. The summed E-state index contributed by atoms with van der Waals surface area (Å²) in [5.41, 5.74) is 2.97. The first-order valence-electron chi connectivity index (χ1n) is 2.99. The first-order valence-corrected chi connectivity index (χ1v) is 9.50. The maximum Gasteiger partial charge on any atom is 0.0812 e. The van der Waals surface area contributed by atoms with E-state index in [1.807, 2.05) is 23.7 Å². The van der Waals surface area contributed by atoms with Crippen LogP contribution in [0.15, 0.2) is 29.8 Å². The Kier molecular flexibility index (Phi) is 7.92. The molecule has 0 aliphatic heterocycles. The maximum atomic E-state index is 4.88. The van der Waals surface area contributed by atoms with Crippen LogP contribution in [0.2, 0.25) is 0 Å². The summed E-state index contributed by atoms with van der Waals surface area (Å²) in [6.07, 6.45) is 0. The molecule has 13 heavy (non-hydrogen) atoms. The molecule has 0 atom stereocenters. The molecule has 0 aliphatic rings. The molecule has 0 radical (unpaired) electrons. The van der Waals surface area contributed by atoms with Gasteiger partial charge >= 0.3 is 35.3 Å². The second-order valence-corrected chi connectivity index (χ2v) is 6.03. The van der Waals surface area contributed by atoms with Gasteiger partial charge in [-0.05, 0) is 12.1 Å². The number of halogens is 2. The average Bonchev–Trinajstić information content (AvgIpc) is 2.52. The van der Waals surface area contributed by atoms with Gasteiger partial charge in [0.1, 0.15) is 0 Å². The predicted octanol–water partition coefficient (Wildman–Crippen LogP) is 4.39. The Bertz CT molecular complexity index is 311. The average molecular weight is 417 g/mol. The number of rotatable bonds is 0. The fourth-order valence-corrected chi connectivity index (χ4v) is 1.48. The van der Waals surface area contributed by atoms with Crippen LogP contribution in [0.25, 0.3) is 16.4 Å². The number of thiazole rings is 1. The molecular formula is C7H7Cl2N2PtS-. The summed E-state index contributed by atoms with van der Waals surface area (Å²) in [4.78, 5) is 4.14. The third kappa shape index (κ3) is 4.39. The van der Waals surface area contributed by atoms with Crippen LogP contribution in [-0.4, -0.2) is 4.98 Å². The molecule has 2 aromatic rings. The van der Waals surface area contributed by atoms with Crippen molar-refractivity contribution in [2.24, 2.45) is 0 Å². The number of hydrogen-bond donors (Lipinski definition) is 0. The van der Waals surface area contributed by atoms with E-state index in [4.69, 9.17) is 18.8 Å². The Labute approximate surface area is 97.2 Å². The zero-order valence-electron chi connectivity index (χ0n) is 6.39. The first-order chi connectivity index (χ1) is 5.88. The van der Waals surface area contributed by atoms with Crippen molar-refractivity contribution in [3.05, 3.63) is 35.9 Å². The molecule has 0 bridgehead atoms. The van der Waals surface area contributed by atoms with Crippen LogP contribution < -0.4 is 0 Å². The summed E-state index contributed by atoms with van der Waals surface area (Å²) in [5, 5.41) is 0. The van der Waals surface area contributed by atoms with Crippen LogP contribution in [0.5, 0.6) is 0 Å². The third-order valence-electron chi connectivity index (χ3n) is 1.24. The maximum absolute atomic E-state index is 4.88. The second kappa shape index (κ2) is 7.72. The number of nitrogens with zero attached hydrogens (tertiary/aromatic N) is 1. The molecule has 0 spiro atoms. The van der Waals surface area contributed by atoms with Crippen molar-refractivity contribution in [1.29, 1.82) is 0 Å². The van der Waals surface area contributed by atoms with Crippen molar-refractivity contribution in [1.82, 2.24) is 4.98 Å². The standard InChI is InChI=1S/C7H5NS.2ClH.H2N.Pt/c1-2-4-7-6(3-1)8-5-9-7;;;;/h1-5H;2*1H;1H2;/q;;;-1;+2/p-2. The van der Waals surface area contributed by atoms with Crippen molar-refractivity contribution < 1.29 is 16.5 Å². The van der Waals surface area contributed by atoms with E-state index in [0.717, 1.165) is 5.52 Å². The molecule has 0 saturated heterocycles. The van der Waals surface area contributed by atoms with Crippen LogP contribution in [0, 0.1) is 0 Å². The van der Waals surface area contributed by atoms with Gasteiger partial charge in [0.25, 0.3) is 0 Å². The molecule has 0 aliphatic carbocycles. The SMILES string of the molecule is [Cl][Pt][Cl].[NH2-].c1ccc2scnc2c1. The zero-order valence-corrected chi connectivity index (χ0v) is 11.0. The first kappa shape index (κ1) is 13.3. The van der Waals surface area contributed by atoms with E-state index in [-0.39, 0.29) is 6.15 Å². The van der Waals surface area contributed by atoms with Crippen LogP contribution in [0.1, 0.15) is 0 Å². The molecule has 0 saturated carbocycles. The predicted molar refractivity (Wildman–Crippen MR) is 56.6 cm³/mol. The minimum atomic E-state index is -0.472. The molecule has 1 aromatic carbocycles. The fraction of sp³-hybridized carbons (Fsp3) is 0. The van der Waals surface area contributed by atoms with Gasteiger partial charge in [0, 0.05) is 0 Å². The van der Waals surface area contributed by atoms with Crippen molar-refractivity contribution >= 4 is 40.4 Å². The van der Waals surface area contributed by atoms with Crippen molar-refractivity contribution in [2.45, 2.75) is 0 Å². The van der Waals surface area contributed by atoms with E-state index in [1.165, 1.54) is 4.70 Å². The smallest absolute Gasteiger partial charge is 0.0812 e. The minimum Gasteiger partial charge on any atom is -0.693 e. The van der Waals surface area contributed by atoms with E-state index in [0.29, 0.717) is 0 Å². The molecule has 2 N–H and O–H groups in total. The monoisotopic (exact) mass is 416 g/mol. The summed E-state index contributed by atoms with van der Waals surface area (Å²) in [5.74, 6) is 0. The Morgan fingerprint density at radius 3 is 2.46 bits per heavy atom. The van der Waals surface area contributed by atoms with Crippen molar-refractivity contribution in [3.8, 4) is 0 Å². The molecule has 1 aromatic heterocycles. The van der Waals surface area contributed by atoms with Crippen LogP contribution >= 0.6 is 30.2 Å². The van der Waals surface area contributed by atoms with Gasteiger partial charge in [0.2, 0.25) is 0 Å². The quantitative estimate of drug-likeness (QED) is 0.627. The van der Waals surface area contributed by atoms with E-state index >= 15 is 0 Å². The summed E-state index contributed by atoms with van der Waals surface area (Å²) in [7, 11) is 9.75. The third-order valence-corrected chi connectivity index (χ3v) is 2.05. The van der Waals surface area contributed by atoms with Gasteiger partial charge in [-0.3, -0.25) is 0 Å². The Balaban J connectivity index is 0.000000324. The summed E-state index contributed by atoms with van der Waals surface area (Å²) in [6.45, 7) is 0. The molecule has 0 fully saturated rings. The molecular weight excluding hydrogens is 410 g/mol. The minimum absolute atomic E-state index is 0. The van der Waals surface area contributed by atoms with E-state index in [9.17, 15) is 0 Å². The number of aromatic nitrogens is 1. The van der Waals surface area contributed by atoms with Crippen molar-refractivity contribution in [3.63, 3.8) is 0 Å². The molecule has 0 amide bonds. The molecule has 1 heterocycles. The zero-order chi connectivity index (χ0) is 8.81. The number of nitrogens with two attached hydrogens (primary N) is 1. The summed E-state index contributed by atoms with van der Waals surface area (Å²) >= 11 is 1.20. The summed E-state index contributed by atoms with van der Waals surface area (Å²) < 4.78 is 1.26. The van der Waals surface area contributed by atoms with Crippen LogP contribution in [0.4, 0.5) is 0 Å². The molecule has 2 nitrogen and oxygen atoms in total. The van der Waals surface area contributed by atoms with Gasteiger partial charge in [-0.2, -0.15) is 0 Å². The van der Waals surface area contributed by atoms with Gasteiger partial charge in [-0.1, -0.05) is 12.1 Å². The van der Waals surface area contributed by atoms with E-state index < -0.39 is 16.5 Å². The van der Waals surface area contributed by atoms with Crippen LogP contribution in [0.3, 0.4) is 0 Å². The molecule has 76 valence electrons. The second-order valence-electron chi connectivity index (χ2n) is 1.87. The van der Waals surface area contributed by atoms with Gasteiger partial charge in [-0.25, -0.2) is 4.98 Å². The molecule has 6 heteroatoms. The molecule has 2 rings (SSSR count). The van der Waals surface area contributed by atoms with Gasteiger partial charge in [0.05, 0.1) is 15.7 Å². The topological polar surface area (TPSA) is 46.4 Å².